The summed E-state index contributed by atoms with van der Waals surface area (Å²) in [6, 6.07) is 0. The molecule has 0 fully saturated rings. The molecule has 0 aromatic rings. The third-order valence-electron chi connectivity index (χ3n) is 12.8. The molecule has 0 aliphatic rings. The van der Waals surface area contributed by atoms with Crippen molar-refractivity contribution in [2.75, 3.05) is 13.2 Å². The fourth-order valence-corrected chi connectivity index (χ4v) is 8.35. The fraction of sp³-hybridized carbons (Fsp3) is 0.820. The van der Waals surface area contributed by atoms with Gasteiger partial charge in [0.15, 0.2) is 6.10 Å². The molecule has 0 unspecified atom stereocenters. The minimum absolute atomic E-state index is 0.0802. The van der Waals surface area contributed by atoms with Gasteiger partial charge < -0.3 is 14.2 Å². The quantitative estimate of drug-likeness (QED) is 0.0262. The summed E-state index contributed by atoms with van der Waals surface area (Å²) >= 11 is 0. The number of allylic oxidation sites excluding steroid dienone is 8. The summed E-state index contributed by atoms with van der Waals surface area (Å²) in [4.78, 5) is 38.2. The normalized spacial score (nSPS) is 11.9. The van der Waals surface area contributed by atoms with Gasteiger partial charge in [0.2, 0.25) is 0 Å². The Balaban J connectivity index is 4.38. The predicted octanol–water partition coefficient (Wildman–Crippen LogP) is 19.4. The highest BCUT2D eigenvalue weighted by Gasteiger charge is 2.19. The first-order chi connectivity index (χ1) is 33.0. The Labute approximate surface area is 416 Å². The Kier molecular flexibility index (Phi) is 53.8. The summed E-state index contributed by atoms with van der Waals surface area (Å²) in [5.41, 5.74) is 0. The van der Waals surface area contributed by atoms with Crippen molar-refractivity contribution in [1.29, 1.82) is 0 Å². The van der Waals surface area contributed by atoms with E-state index in [0.717, 1.165) is 77.0 Å². The minimum atomic E-state index is -0.781. The third kappa shape index (κ3) is 54.2. The van der Waals surface area contributed by atoms with Crippen LogP contribution in [0.2, 0.25) is 0 Å². The van der Waals surface area contributed by atoms with Gasteiger partial charge in [-0.15, -0.1) is 0 Å². The molecule has 6 heteroatoms. The molecule has 0 N–H and O–H groups in total. The van der Waals surface area contributed by atoms with Gasteiger partial charge in [0.05, 0.1) is 0 Å². The zero-order valence-corrected chi connectivity index (χ0v) is 44.7. The maximum Gasteiger partial charge on any atom is 0.306 e. The molecule has 0 atom stereocenters. The maximum absolute atomic E-state index is 12.9. The largest absolute Gasteiger partial charge is 0.462 e. The van der Waals surface area contributed by atoms with Crippen LogP contribution in [0.4, 0.5) is 0 Å². The van der Waals surface area contributed by atoms with Gasteiger partial charge in [0.1, 0.15) is 13.2 Å². The average molecular weight is 940 g/mol. The lowest BCUT2D eigenvalue weighted by Crippen LogP contribution is -2.30. The topological polar surface area (TPSA) is 78.9 Å². The summed E-state index contributed by atoms with van der Waals surface area (Å²) < 4.78 is 16.9. The Morgan fingerprint density at radius 1 is 0.299 bits per heavy atom. The lowest BCUT2D eigenvalue weighted by Gasteiger charge is -2.18. The highest BCUT2D eigenvalue weighted by atomic mass is 16.6. The molecule has 0 amide bonds. The molecule has 0 saturated heterocycles. The lowest BCUT2D eigenvalue weighted by molar-refractivity contribution is -0.167. The van der Waals surface area contributed by atoms with Crippen LogP contribution in [0.5, 0.6) is 0 Å². The van der Waals surface area contributed by atoms with E-state index in [1.165, 1.54) is 186 Å². The van der Waals surface area contributed by atoms with Crippen LogP contribution in [0.1, 0.15) is 303 Å². The second kappa shape index (κ2) is 56.0. The van der Waals surface area contributed by atoms with E-state index >= 15 is 0 Å². The van der Waals surface area contributed by atoms with Crippen LogP contribution in [-0.4, -0.2) is 37.2 Å². The van der Waals surface area contributed by atoms with E-state index in [1.54, 1.807) is 0 Å². The molecule has 390 valence electrons. The molecule has 0 aliphatic carbocycles. The van der Waals surface area contributed by atoms with E-state index in [-0.39, 0.29) is 31.1 Å². The number of esters is 3. The molecular weight excluding hydrogens is 829 g/mol. The van der Waals surface area contributed by atoms with Crippen molar-refractivity contribution in [2.45, 2.75) is 309 Å². The third-order valence-corrected chi connectivity index (χ3v) is 12.8. The molecule has 0 saturated carbocycles. The van der Waals surface area contributed by atoms with Gasteiger partial charge in [0.25, 0.3) is 0 Å². The molecule has 6 nitrogen and oxygen atoms in total. The number of carbonyl (C=O) groups excluding carboxylic acids is 3. The molecule has 0 aromatic carbocycles. The van der Waals surface area contributed by atoms with Gasteiger partial charge in [-0.2, -0.15) is 0 Å². The van der Waals surface area contributed by atoms with Crippen LogP contribution in [0.3, 0.4) is 0 Å². The van der Waals surface area contributed by atoms with Crippen LogP contribution in [0, 0.1) is 0 Å². The summed E-state index contributed by atoms with van der Waals surface area (Å²) in [7, 11) is 0. The number of hydrogen-bond acceptors (Lipinski definition) is 6. The van der Waals surface area contributed by atoms with Crippen molar-refractivity contribution in [1.82, 2.24) is 0 Å². The van der Waals surface area contributed by atoms with Crippen molar-refractivity contribution in [3.05, 3.63) is 48.6 Å². The first-order valence-electron chi connectivity index (χ1n) is 29.1. The monoisotopic (exact) mass is 939 g/mol. The van der Waals surface area contributed by atoms with E-state index in [4.69, 9.17) is 14.2 Å². The predicted molar refractivity (Wildman–Crippen MR) is 289 cm³/mol. The summed E-state index contributed by atoms with van der Waals surface area (Å²) in [6.07, 6.45) is 68.1. The number of ether oxygens (including phenoxy) is 3. The molecule has 0 aromatic heterocycles. The zero-order chi connectivity index (χ0) is 48.6. The van der Waals surface area contributed by atoms with Crippen molar-refractivity contribution in [3.8, 4) is 0 Å². The fourth-order valence-electron chi connectivity index (χ4n) is 8.35. The van der Waals surface area contributed by atoms with E-state index in [2.05, 4.69) is 69.4 Å². The van der Waals surface area contributed by atoms with Gasteiger partial charge in [-0.05, 0) is 103 Å². The zero-order valence-electron chi connectivity index (χ0n) is 44.7. The van der Waals surface area contributed by atoms with Gasteiger partial charge in [-0.25, -0.2) is 0 Å². The Morgan fingerprint density at radius 3 is 0.866 bits per heavy atom. The Hall–Kier alpha value is -2.63. The Morgan fingerprint density at radius 2 is 0.537 bits per heavy atom. The smallest absolute Gasteiger partial charge is 0.306 e. The van der Waals surface area contributed by atoms with Crippen molar-refractivity contribution in [2.24, 2.45) is 0 Å². The standard InChI is InChI=1S/C61H110O6/c1-4-7-10-13-16-19-22-25-28-29-30-31-34-37-40-43-46-49-52-55-61(64)67-58(56-65-59(62)53-50-47-44-41-38-35-32-26-23-20-17-14-11-8-5-2)57-66-60(63)54-51-48-45-42-39-36-33-27-24-21-18-15-12-9-6-3/h16,19,25-28,32-33,58H,4-15,17-18,20-24,29-31,34-57H2,1-3H3/b19-16-,28-25-,32-26-,33-27-. The first-order valence-corrected chi connectivity index (χ1v) is 29.1. The van der Waals surface area contributed by atoms with Gasteiger partial charge >= 0.3 is 17.9 Å². The van der Waals surface area contributed by atoms with Crippen LogP contribution < -0.4 is 0 Å². The van der Waals surface area contributed by atoms with E-state index in [9.17, 15) is 14.4 Å². The molecular formula is C61H110O6. The van der Waals surface area contributed by atoms with Gasteiger partial charge in [0, 0.05) is 19.3 Å². The van der Waals surface area contributed by atoms with Gasteiger partial charge in [-0.3, -0.25) is 14.4 Å². The summed E-state index contributed by atoms with van der Waals surface area (Å²) in [5, 5.41) is 0. The van der Waals surface area contributed by atoms with Crippen LogP contribution in [0.15, 0.2) is 48.6 Å². The molecule has 0 rings (SSSR count). The summed E-state index contributed by atoms with van der Waals surface area (Å²) in [5.74, 6) is -0.887. The highest BCUT2D eigenvalue weighted by Crippen LogP contribution is 2.15. The SMILES string of the molecule is CCCCC/C=C\C/C=C\CCCCCCCCCCCC(=O)OC(COC(=O)CCCCCCC/C=C\CCCCCCCC)COC(=O)CCCCCCC/C=C\CCCCCCCC. The molecule has 67 heavy (non-hydrogen) atoms. The molecule has 0 radical (unpaired) electrons. The van der Waals surface area contributed by atoms with Crippen molar-refractivity contribution in [3.63, 3.8) is 0 Å². The average Bonchev–Trinajstić information content (AvgIpc) is 3.33. The van der Waals surface area contributed by atoms with E-state index in [1.807, 2.05) is 0 Å². The van der Waals surface area contributed by atoms with Crippen LogP contribution in [-0.2, 0) is 28.6 Å². The highest BCUT2D eigenvalue weighted by molar-refractivity contribution is 5.71. The molecule has 0 heterocycles. The molecule has 0 bridgehead atoms. The van der Waals surface area contributed by atoms with Crippen LogP contribution in [0.25, 0.3) is 0 Å². The maximum atomic E-state index is 12.9. The van der Waals surface area contributed by atoms with Crippen molar-refractivity contribution >= 4 is 17.9 Å². The molecule has 0 aliphatic heterocycles. The number of unbranched alkanes of at least 4 members (excludes halogenated alkanes) is 34. The molecule has 0 spiro atoms. The number of carbonyl (C=O) groups is 3. The number of rotatable bonds is 53. The van der Waals surface area contributed by atoms with Crippen LogP contribution >= 0.6 is 0 Å². The van der Waals surface area contributed by atoms with Gasteiger partial charge in [-0.1, -0.05) is 230 Å². The van der Waals surface area contributed by atoms with Crippen molar-refractivity contribution < 1.29 is 28.6 Å². The van der Waals surface area contributed by atoms with E-state index < -0.39 is 6.10 Å². The lowest BCUT2D eigenvalue weighted by atomic mass is 10.1. The summed E-state index contributed by atoms with van der Waals surface area (Å²) in [6.45, 7) is 6.62. The first kappa shape index (κ1) is 64.4. The second-order valence-electron chi connectivity index (χ2n) is 19.5. The second-order valence-corrected chi connectivity index (χ2v) is 19.5. The van der Waals surface area contributed by atoms with E-state index in [0.29, 0.717) is 19.3 Å². The number of hydrogen-bond donors (Lipinski definition) is 0. The Bertz CT molecular complexity index is 1110. The minimum Gasteiger partial charge on any atom is -0.462 e.